The number of nitrogens with one attached hydrogen (secondary N) is 1. The van der Waals surface area contributed by atoms with E-state index in [-0.39, 0.29) is 18.1 Å². The molecule has 0 saturated carbocycles. The summed E-state index contributed by atoms with van der Waals surface area (Å²) in [6, 6.07) is 11.0. The summed E-state index contributed by atoms with van der Waals surface area (Å²) in [7, 11) is -3.82. The van der Waals surface area contributed by atoms with Crippen LogP contribution in [0.1, 0.15) is 44.2 Å². The summed E-state index contributed by atoms with van der Waals surface area (Å²) >= 11 is 12.2. The molecule has 1 atom stereocenters. The SMILES string of the molecule is CCCCNC(=O)[C@@H](CC)N(Cc1ccc(Cl)cc1)C(=O)CN(c1ccc(C)c(Cl)c1)S(C)(=O)=O. The normalized spacial score (nSPS) is 12.2. The zero-order chi connectivity index (χ0) is 26.2. The van der Waals surface area contributed by atoms with E-state index in [1.54, 1.807) is 43.3 Å². The van der Waals surface area contributed by atoms with Gasteiger partial charge in [0.1, 0.15) is 12.6 Å². The van der Waals surface area contributed by atoms with Gasteiger partial charge in [0, 0.05) is 23.1 Å². The monoisotopic (exact) mass is 541 g/mol. The van der Waals surface area contributed by atoms with Crippen LogP contribution < -0.4 is 9.62 Å². The van der Waals surface area contributed by atoms with Gasteiger partial charge >= 0.3 is 0 Å². The third-order valence-electron chi connectivity index (χ3n) is 5.60. The Morgan fingerprint density at radius 2 is 1.71 bits per heavy atom. The van der Waals surface area contributed by atoms with Crippen LogP contribution in [-0.4, -0.2) is 50.5 Å². The standard InChI is InChI=1S/C25H33Cl2N3O4S/c1-5-7-14-28-25(32)23(6-2)29(16-19-9-11-20(26)12-10-19)24(31)17-30(35(4,33)34)21-13-8-18(3)22(27)15-21/h8-13,15,23H,5-7,14,16-17H2,1-4H3,(H,28,32)/t23-/m1/s1. The molecule has 0 radical (unpaired) electrons. The van der Waals surface area contributed by atoms with Gasteiger partial charge in [-0.25, -0.2) is 8.42 Å². The van der Waals surface area contributed by atoms with Crippen LogP contribution in [0.15, 0.2) is 42.5 Å². The van der Waals surface area contributed by atoms with Crippen LogP contribution in [0.25, 0.3) is 0 Å². The molecule has 0 aromatic heterocycles. The van der Waals surface area contributed by atoms with Crippen LogP contribution >= 0.6 is 23.2 Å². The number of carbonyl (C=O) groups is 2. The molecule has 0 aliphatic rings. The minimum atomic E-state index is -3.82. The van der Waals surface area contributed by atoms with E-state index in [1.165, 1.54) is 11.0 Å². The average molecular weight is 543 g/mol. The second-order valence-electron chi connectivity index (χ2n) is 8.42. The molecule has 7 nitrogen and oxygen atoms in total. The van der Waals surface area contributed by atoms with Crippen molar-refractivity contribution in [3.8, 4) is 0 Å². The van der Waals surface area contributed by atoms with Crippen molar-refractivity contribution in [2.24, 2.45) is 0 Å². The highest BCUT2D eigenvalue weighted by Crippen LogP contribution is 2.25. The smallest absolute Gasteiger partial charge is 0.244 e. The molecule has 2 amide bonds. The molecule has 192 valence electrons. The maximum atomic E-state index is 13.6. The molecule has 0 spiro atoms. The van der Waals surface area contributed by atoms with Crippen molar-refractivity contribution in [2.45, 2.75) is 52.6 Å². The highest BCUT2D eigenvalue weighted by atomic mass is 35.5. The highest BCUT2D eigenvalue weighted by molar-refractivity contribution is 7.92. The first-order chi connectivity index (χ1) is 16.5. The summed E-state index contributed by atoms with van der Waals surface area (Å²) in [6.07, 6.45) is 3.15. The quantitative estimate of drug-likeness (QED) is 0.391. The molecule has 0 aliphatic carbocycles. The van der Waals surface area contributed by atoms with Gasteiger partial charge in [-0.3, -0.25) is 13.9 Å². The second kappa shape index (κ2) is 13.1. The van der Waals surface area contributed by atoms with E-state index >= 15 is 0 Å². The number of rotatable bonds is 12. The van der Waals surface area contributed by atoms with Gasteiger partial charge in [0.15, 0.2) is 0 Å². The highest BCUT2D eigenvalue weighted by Gasteiger charge is 2.31. The summed E-state index contributed by atoms with van der Waals surface area (Å²) in [4.78, 5) is 28.0. The number of unbranched alkanes of at least 4 members (excludes halogenated alkanes) is 1. The number of hydrogen-bond donors (Lipinski definition) is 1. The van der Waals surface area contributed by atoms with Crippen LogP contribution in [-0.2, 0) is 26.2 Å². The largest absolute Gasteiger partial charge is 0.354 e. The lowest BCUT2D eigenvalue weighted by molar-refractivity contribution is -0.140. The maximum Gasteiger partial charge on any atom is 0.244 e. The van der Waals surface area contributed by atoms with E-state index in [0.29, 0.717) is 23.0 Å². The Morgan fingerprint density at radius 3 is 2.26 bits per heavy atom. The van der Waals surface area contributed by atoms with E-state index in [2.05, 4.69) is 5.32 Å². The first kappa shape index (κ1) is 28.9. The van der Waals surface area contributed by atoms with E-state index < -0.39 is 28.5 Å². The molecule has 2 aromatic carbocycles. The van der Waals surface area contributed by atoms with Gasteiger partial charge in [-0.2, -0.15) is 0 Å². The fourth-order valence-corrected chi connectivity index (χ4v) is 4.71. The lowest BCUT2D eigenvalue weighted by Crippen LogP contribution is -2.52. The number of anilines is 1. The number of sulfonamides is 1. The van der Waals surface area contributed by atoms with Crippen molar-refractivity contribution in [1.29, 1.82) is 0 Å². The Morgan fingerprint density at radius 1 is 1.06 bits per heavy atom. The topological polar surface area (TPSA) is 86.8 Å². The van der Waals surface area contributed by atoms with E-state index in [0.717, 1.165) is 34.5 Å². The van der Waals surface area contributed by atoms with Crippen molar-refractivity contribution in [3.63, 3.8) is 0 Å². The Bertz CT molecular complexity index is 1120. The molecule has 0 unspecified atom stereocenters. The molecule has 2 rings (SSSR count). The van der Waals surface area contributed by atoms with Crippen molar-refractivity contribution in [2.75, 3.05) is 23.7 Å². The molecule has 0 aliphatic heterocycles. The number of nitrogens with zero attached hydrogens (tertiary/aromatic N) is 2. The van der Waals surface area contributed by atoms with Gasteiger partial charge in [0.25, 0.3) is 0 Å². The molecule has 0 heterocycles. The average Bonchev–Trinajstić information content (AvgIpc) is 2.80. The predicted molar refractivity (Wildman–Crippen MR) is 142 cm³/mol. The van der Waals surface area contributed by atoms with Gasteiger partial charge in [0.05, 0.1) is 11.9 Å². The fraction of sp³-hybridized carbons (Fsp3) is 0.440. The molecule has 2 aromatic rings. The third kappa shape index (κ3) is 8.40. The number of carbonyl (C=O) groups excluding carboxylic acids is 2. The van der Waals surface area contributed by atoms with E-state index in [9.17, 15) is 18.0 Å². The number of halogens is 2. The van der Waals surface area contributed by atoms with Gasteiger partial charge in [0.2, 0.25) is 21.8 Å². The molecule has 1 N–H and O–H groups in total. The van der Waals surface area contributed by atoms with Crippen LogP contribution in [0.2, 0.25) is 10.0 Å². The molecule has 0 bridgehead atoms. The first-order valence-corrected chi connectivity index (χ1v) is 14.1. The molecular formula is C25H33Cl2N3O4S. The van der Waals surface area contributed by atoms with E-state index in [1.807, 2.05) is 13.8 Å². The lowest BCUT2D eigenvalue weighted by atomic mass is 10.1. The van der Waals surface area contributed by atoms with Gasteiger partial charge < -0.3 is 10.2 Å². The zero-order valence-electron chi connectivity index (χ0n) is 20.6. The number of benzene rings is 2. The van der Waals surface area contributed by atoms with Gasteiger partial charge in [-0.05, 0) is 55.2 Å². The summed E-state index contributed by atoms with van der Waals surface area (Å²) in [5.74, 6) is -0.771. The Balaban J connectivity index is 2.41. The molecule has 10 heteroatoms. The zero-order valence-corrected chi connectivity index (χ0v) is 22.9. The lowest BCUT2D eigenvalue weighted by Gasteiger charge is -2.33. The second-order valence-corrected chi connectivity index (χ2v) is 11.2. The molecular weight excluding hydrogens is 509 g/mol. The molecule has 0 saturated heterocycles. The van der Waals surface area contributed by atoms with Crippen molar-refractivity contribution >= 4 is 50.7 Å². The summed E-state index contributed by atoms with van der Waals surface area (Å²) in [6.45, 7) is 5.81. The van der Waals surface area contributed by atoms with Crippen LogP contribution in [0.5, 0.6) is 0 Å². The summed E-state index contributed by atoms with van der Waals surface area (Å²) in [5, 5.41) is 3.83. The number of hydrogen-bond acceptors (Lipinski definition) is 4. The third-order valence-corrected chi connectivity index (χ3v) is 7.40. The van der Waals surface area contributed by atoms with Gasteiger partial charge in [-0.15, -0.1) is 0 Å². The van der Waals surface area contributed by atoms with Crippen molar-refractivity contribution in [3.05, 3.63) is 63.6 Å². The Kier molecular flexibility index (Phi) is 10.9. The van der Waals surface area contributed by atoms with Crippen LogP contribution in [0, 0.1) is 6.92 Å². The van der Waals surface area contributed by atoms with Crippen molar-refractivity contribution in [1.82, 2.24) is 10.2 Å². The maximum absolute atomic E-state index is 13.6. The predicted octanol–water partition coefficient (Wildman–Crippen LogP) is 4.79. The van der Waals surface area contributed by atoms with Gasteiger partial charge in [-0.1, -0.05) is 61.7 Å². The first-order valence-electron chi connectivity index (χ1n) is 11.5. The number of amides is 2. The van der Waals surface area contributed by atoms with Crippen LogP contribution in [0.3, 0.4) is 0 Å². The fourth-order valence-electron chi connectivity index (χ4n) is 3.56. The summed E-state index contributed by atoms with van der Waals surface area (Å²) in [5.41, 5.74) is 1.84. The summed E-state index contributed by atoms with van der Waals surface area (Å²) < 4.78 is 26.3. The Hall–Kier alpha value is -2.29. The van der Waals surface area contributed by atoms with Crippen molar-refractivity contribution < 1.29 is 18.0 Å². The Labute approximate surface area is 218 Å². The minimum Gasteiger partial charge on any atom is -0.354 e. The number of aryl methyl sites for hydroxylation is 1. The van der Waals surface area contributed by atoms with Crippen LogP contribution in [0.4, 0.5) is 5.69 Å². The van der Waals surface area contributed by atoms with E-state index in [4.69, 9.17) is 23.2 Å². The molecule has 0 fully saturated rings. The molecule has 35 heavy (non-hydrogen) atoms. The minimum absolute atomic E-state index is 0.127.